The molecule has 31 heavy (non-hydrogen) atoms. The minimum atomic E-state index is -0.540. The van der Waals surface area contributed by atoms with Crippen LogP contribution in [-0.4, -0.2) is 48.2 Å². The maximum Gasteiger partial charge on any atom is 0.410 e. The molecule has 1 N–H and O–H groups in total. The highest BCUT2D eigenvalue weighted by Crippen LogP contribution is 2.29. The van der Waals surface area contributed by atoms with Gasteiger partial charge in [-0.3, -0.25) is 10.1 Å². The number of aromatic nitrogens is 1. The fraction of sp³-hybridized carbons (Fsp3) is 0.409. The van der Waals surface area contributed by atoms with Crippen molar-refractivity contribution >= 4 is 34.5 Å². The van der Waals surface area contributed by atoms with Gasteiger partial charge >= 0.3 is 6.09 Å². The molecule has 0 saturated heterocycles. The molecule has 3 rings (SSSR count). The molecule has 0 fully saturated rings. The van der Waals surface area contributed by atoms with E-state index in [0.29, 0.717) is 36.1 Å². The van der Waals surface area contributed by atoms with Crippen LogP contribution in [0.1, 0.15) is 36.9 Å². The summed E-state index contributed by atoms with van der Waals surface area (Å²) in [6.45, 7) is 6.49. The van der Waals surface area contributed by atoms with Crippen molar-refractivity contribution in [2.75, 3.05) is 26.1 Å². The summed E-state index contributed by atoms with van der Waals surface area (Å²) < 4.78 is 16.0. The smallest absolute Gasteiger partial charge is 0.410 e. The Kier molecular flexibility index (Phi) is 6.84. The summed E-state index contributed by atoms with van der Waals surface area (Å²) in [7, 11) is 3.15. The number of nitrogens with zero attached hydrogens (tertiary/aromatic N) is 2. The second kappa shape index (κ2) is 9.38. The van der Waals surface area contributed by atoms with Crippen molar-refractivity contribution in [1.82, 2.24) is 9.88 Å². The average Bonchev–Trinajstić information content (AvgIpc) is 3.12. The summed E-state index contributed by atoms with van der Waals surface area (Å²) in [5, 5.41) is 3.30. The first-order chi connectivity index (χ1) is 14.7. The fourth-order valence-electron chi connectivity index (χ4n) is 3.01. The van der Waals surface area contributed by atoms with E-state index in [1.54, 1.807) is 43.4 Å². The third kappa shape index (κ3) is 5.97. The van der Waals surface area contributed by atoms with E-state index in [1.165, 1.54) is 17.4 Å². The van der Waals surface area contributed by atoms with Gasteiger partial charge in [0.15, 0.2) is 5.13 Å². The number of hydrogen-bond acceptors (Lipinski definition) is 7. The van der Waals surface area contributed by atoms with E-state index >= 15 is 0 Å². The van der Waals surface area contributed by atoms with Crippen LogP contribution in [0.4, 0.5) is 9.93 Å². The highest BCUT2D eigenvalue weighted by molar-refractivity contribution is 7.15. The summed E-state index contributed by atoms with van der Waals surface area (Å²) in [5.74, 6) is 1.000. The van der Waals surface area contributed by atoms with Crippen LogP contribution in [-0.2, 0) is 22.5 Å². The summed E-state index contributed by atoms with van der Waals surface area (Å²) in [6.07, 6.45) is 3.36. The number of benzene rings is 1. The van der Waals surface area contributed by atoms with Crippen molar-refractivity contribution in [2.45, 2.75) is 39.3 Å². The third-order valence-corrected chi connectivity index (χ3v) is 5.46. The predicted octanol–water partition coefficient (Wildman–Crippen LogP) is 4.11. The van der Waals surface area contributed by atoms with Crippen LogP contribution >= 0.6 is 11.3 Å². The first-order valence-corrected chi connectivity index (χ1v) is 10.7. The van der Waals surface area contributed by atoms with E-state index in [1.807, 2.05) is 20.8 Å². The van der Waals surface area contributed by atoms with Crippen LogP contribution in [0.25, 0.3) is 6.08 Å². The van der Waals surface area contributed by atoms with Gasteiger partial charge in [-0.25, -0.2) is 9.78 Å². The minimum absolute atomic E-state index is 0.306. The lowest BCUT2D eigenvalue weighted by Gasteiger charge is -2.29. The largest absolute Gasteiger partial charge is 0.497 e. The molecule has 2 heterocycles. The minimum Gasteiger partial charge on any atom is -0.497 e. The Morgan fingerprint density at radius 1 is 1.23 bits per heavy atom. The predicted molar refractivity (Wildman–Crippen MR) is 120 cm³/mol. The Bertz CT molecular complexity index is 994. The van der Waals surface area contributed by atoms with Gasteiger partial charge in [0.2, 0.25) is 5.91 Å². The van der Waals surface area contributed by atoms with Crippen LogP contribution in [0.15, 0.2) is 24.3 Å². The standard InChI is InChI=1S/C22H27N3O5S/c1-22(2,3)30-21(27)25-11-10-16-18(13-25)31-20(23-16)24-19(26)9-6-14-12-15(28-4)7-8-17(14)29-5/h6-9,12H,10-11,13H2,1-5H3,(H,23,24,26)/b9-6+. The molecule has 166 valence electrons. The van der Waals surface area contributed by atoms with Gasteiger partial charge < -0.3 is 19.1 Å². The van der Waals surface area contributed by atoms with Gasteiger partial charge in [0.25, 0.3) is 0 Å². The molecular weight excluding hydrogens is 418 g/mol. The van der Waals surface area contributed by atoms with E-state index < -0.39 is 5.60 Å². The monoisotopic (exact) mass is 445 g/mol. The molecule has 2 amide bonds. The Balaban J connectivity index is 1.64. The number of amides is 2. The number of thiazole rings is 1. The lowest BCUT2D eigenvalue weighted by Crippen LogP contribution is -2.39. The Hall–Kier alpha value is -3.07. The van der Waals surface area contributed by atoms with Gasteiger partial charge in [0.1, 0.15) is 17.1 Å². The molecule has 0 aliphatic carbocycles. The summed E-state index contributed by atoms with van der Waals surface area (Å²) in [4.78, 5) is 31.8. The lowest BCUT2D eigenvalue weighted by molar-refractivity contribution is -0.111. The van der Waals surface area contributed by atoms with Crippen molar-refractivity contribution in [3.05, 3.63) is 40.4 Å². The highest BCUT2D eigenvalue weighted by atomic mass is 32.1. The number of carbonyl (C=O) groups excluding carboxylic acids is 2. The molecular formula is C22H27N3O5S. The molecule has 0 atom stereocenters. The van der Waals surface area contributed by atoms with Crippen LogP contribution in [0.3, 0.4) is 0 Å². The number of fused-ring (bicyclic) bond motifs is 1. The molecule has 8 nitrogen and oxygen atoms in total. The Morgan fingerprint density at radius 3 is 2.68 bits per heavy atom. The maximum atomic E-state index is 12.4. The molecule has 0 bridgehead atoms. The van der Waals surface area contributed by atoms with E-state index in [9.17, 15) is 9.59 Å². The van der Waals surface area contributed by atoms with E-state index in [2.05, 4.69) is 10.3 Å². The average molecular weight is 446 g/mol. The summed E-state index contributed by atoms with van der Waals surface area (Å²) >= 11 is 1.37. The SMILES string of the molecule is COc1ccc(OC)c(/C=C/C(=O)Nc2nc3c(s2)CN(C(=O)OC(C)(C)C)CC3)c1. The van der Waals surface area contributed by atoms with E-state index in [0.717, 1.165) is 16.1 Å². The van der Waals surface area contributed by atoms with Crippen LogP contribution < -0.4 is 14.8 Å². The zero-order chi connectivity index (χ0) is 22.6. The molecule has 1 aromatic carbocycles. The maximum absolute atomic E-state index is 12.4. The Labute approximate surface area is 185 Å². The second-order valence-corrected chi connectivity index (χ2v) is 9.05. The van der Waals surface area contributed by atoms with E-state index in [4.69, 9.17) is 14.2 Å². The van der Waals surface area contributed by atoms with Gasteiger partial charge in [-0.2, -0.15) is 0 Å². The Morgan fingerprint density at radius 2 is 2.00 bits per heavy atom. The number of ether oxygens (including phenoxy) is 3. The quantitative estimate of drug-likeness (QED) is 0.697. The van der Waals surface area contributed by atoms with E-state index in [-0.39, 0.29) is 12.0 Å². The first-order valence-electron chi connectivity index (χ1n) is 9.86. The molecule has 2 aromatic rings. The van der Waals surface area contributed by atoms with Crippen molar-refractivity contribution in [3.63, 3.8) is 0 Å². The van der Waals surface area contributed by atoms with Gasteiger partial charge in [-0.05, 0) is 45.0 Å². The van der Waals surface area contributed by atoms with Gasteiger partial charge in [0.05, 0.1) is 26.5 Å². The molecule has 1 aliphatic rings. The van der Waals surface area contributed by atoms with Crippen molar-refractivity contribution < 1.29 is 23.8 Å². The number of carbonyl (C=O) groups is 2. The number of nitrogens with one attached hydrogen (secondary N) is 1. The fourth-order valence-corrected chi connectivity index (χ4v) is 4.04. The second-order valence-electron chi connectivity index (χ2n) is 7.97. The number of anilines is 1. The zero-order valence-corrected chi connectivity index (χ0v) is 19.2. The third-order valence-electron chi connectivity index (χ3n) is 4.46. The molecule has 0 radical (unpaired) electrons. The normalized spacial score (nSPS) is 13.6. The molecule has 1 aliphatic heterocycles. The van der Waals surface area contributed by atoms with Gasteiger partial charge in [0, 0.05) is 29.5 Å². The summed E-state index contributed by atoms with van der Waals surface area (Å²) in [6, 6.07) is 5.36. The van der Waals surface area contributed by atoms with Gasteiger partial charge in [-0.15, -0.1) is 0 Å². The van der Waals surface area contributed by atoms with Crippen molar-refractivity contribution in [2.24, 2.45) is 0 Å². The summed E-state index contributed by atoms with van der Waals surface area (Å²) in [5.41, 5.74) is 1.09. The number of hydrogen-bond donors (Lipinski definition) is 1. The van der Waals surface area contributed by atoms with Crippen LogP contribution in [0.2, 0.25) is 0 Å². The molecule has 0 spiro atoms. The molecule has 9 heteroatoms. The van der Waals surface area contributed by atoms with Crippen LogP contribution in [0.5, 0.6) is 11.5 Å². The highest BCUT2D eigenvalue weighted by Gasteiger charge is 2.28. The first kappa shape index (κ1) is 22.6. The van der Waals surface area contributed by atoms with Crippen LogP contribution in [0, 0.1) is 0 Å². The number of methoxy groups -OCH3 is 2. The zero-order valence-electron chi connectivity index (χ0n) is 18.4. The topological polar surface area (TPSA) is 90.0 Å². The van der Waals surface area contributed by atoms with Crippen molar-refractivity contribution in [1.29, 1.82) is 0 Å². The lowest BCUT2D eigenvalue weighted by atomic mass is 10.1. The molecule has 1 aromatic heterocycles. The molecule has 0 saturated carbocycles. The van der Waals surface area contributed by atoms with Gasteiger partial charge in [-0.1, -0.05) is 11.3 Å². The molecule has 0 unspecified atom stereocenters. The van der Waals surface area contributed by atoms with Crippen molar-refractivity contribution in [3.8, 4) is 11.5 Å². The number of rotatable bonds is 5.